The van der Waals surface area contributed by atoms with Gasteiger partial charge in [-0.2, -0.15) is 0 Å². The van der Waals surface area contributed by atoms with Gasteiger partial charge in [0, 0.05) is 0 Å². The van der Waals surface area contributed by atoms with E-state index in [1.165, 1.54) is 6.08 Å². The molecule has 0 fully saturated rings. The summed E-state index contributed by atoms with van der Waals surface area (Å²) in [6, 6.07) is 0. The predicted molar refractivity (Wildman–Crippen MR) is 38.6 cm³/mol. The first kappa shape index (κ1) is 8.21. The topological polar surface area (TPSA) is 17.1 Å². The van der Waals surface area contributed by atoms with E-state index in [4.69, 9.17) is 0 Å². The summed E-state index contributed by atoms with van der Waals surface area (Å²) in [6.45, 7) is 3.43. The maximum absolute atomic E-state index is 10.8. The summed E-state index contributed by atoms with van der Waals surface area (Å²) in [5.74, 6) is 0. The first-order chi connectivity index (χ1) is 3.48. The summed E-state index contributed by atoms with van der Waals surface area (Å²) in [6.07, 6.45) is 1.45. The van der Waals surface area contributed by atoms with Gasteiger partial charge in [0.15, 0.2) is 0 Å². The molecule has 46 valence electrons. The van der Waals surface area contributed by atoms with Gasteiger partial charge in [-0.05, 0) is 0 Å². The zero-order valence-electron chi connectivity index (χ0n) is 5.69. The average molecular weight is 219 g/mol. The Morgan fingerprint density at radius 1 is 1.50 bits per heavy atom. The van der Waals surface area contributed by atoms with Crippen molar-refractivity contribution in [1.29, 1.82) is 0 Å². The molecular weight excluding hydrogens is 207 g/mol. The Morgan fingerprint density at radius 3 is 1.88 bits per heavy atom. The van der Waals surface area contributed by atoms with Crippen LogP contribution in [0, 0.1) is 0 Å². The molecule has 2 heteroatoms. The molecule has 0 rings (SSSR count). The van der Waals surface area contributed by atoms with E-state index in [1.54, 1.807) is 0 Å². The van der Waals surface area contributed by atoms with Crippen molar-refractivity contribution in [2.45, 2.75) is 14.8 Å². The van der Waals surface area contributed by atoms with Crippen molar-refractivity contribution in [3.05, 3.63) is 12.7 Å². The molecule has 0 aliphatic carbocycles. The van der Waals surface area contributed by atoms with Crippen molar-refractivity contribution in [3.63, 3.8) is 0 Å². The van der Waals surface area contributed by atoms with Crippen LogP contribution in [0.1, 0.15) is 0 Å². The maximum atomic E-state index is 10.8. The zero-order chi connectivity index (χ0) is 6.78. The van der Waals surface area contributed by atoms with Crippen molar-refractivity contribution < 1.29 is 4.79 Å². The molecule has 0 atom stereocenters. The summed E-state index contributed by atoms with van der Waals surface area (Å²) >= 11 is -2.17. The number of hydrogen-bond donors (Lipinski definition) is 0. The van der Waals surface area contributed by atoms with Crippen molar-refractivity contribution in [3.8, 4) is 0 Å². The van der Waals surface area contributed by atoms with E-state index in [-0.39, 0.29) is 0 Å². The second-order valence-electron chi connectivity index (χ2n) is 2.82. The molecule has 0 saturated heterocycles. The number of allylic oxidation sites excluding steroid dienone is 1. The number of rotatable bonds is 2. The summed E-state index contributed by atoms with van der Waals surface area (Å²) in [7, 11) is 0. The Labute approximate surface area is 54.7 Å². The van der Waals surface area contributed by atoms with Crippen molar-refractivity contribution in [1.82, 2.24) is 0 Å². The first-order valence-electron chi connectivity index (χ1n) is 2.65. The van der Waals surface area contributed by atoms with Gasteiger partial charge in [-0.1, -0.05) is 0 Å². The standard InChI is InChI=1S/C3H3O.3CH3.Sn/c1-2-3-4;;;;/h2H,1H2;3*1H3;. The second-order valence-corrected chi connectivity index (χ2v) is 17.1. The van der Waals surface area contributed by atoms with Crippen LogP contribution < -0.4 is 0 Å². The van der Waals surface area contributed by atoms with Gasteiger partial charge in [-0.3, -0.25) is 0 Å². The third-order valence-corrected chi connectivity index (χ3v) is 5.73. The van der Waals surface area contributed by atoms with Crippen LogP contribution in [0.2, 0.25) is 14.8 Å². The van der Waals surface area contributed by atoms with E-state index in [2.05, 4.69) is 21.4 Å². The van der Waals surface area contributed by atoms with Gasteiger partial charge in [-0.15, -0.1) is 0 Å². The molecular formula is C6H12OSn. The van der Waals surface area contributed by atoms with Gasteiger partial charge in [0.05, 0.1) is 0 Å². The molecule has 0 radical (unpaired) electrons. The molecule has 1 nitrogen and oxygen atoms in total. The summed E-state index contributed by atoms with van der Waals surface area (Å²) in [5, 5.41) is 0. The normalized spacial score (nSPS) is 10.9. The van der Waals surface area contributed by atoms with E-state index in [0.717, 1.165) is 0 Å². The van der Waals surface area contributed by atoms with Crippen LogP contribution in [-0.2, 0) is 4.79 Å². The van der Waals surface area contributed by atoms with Gasteiger partial charge in [0.2, 0.25) is 0 Å². The molecule has 0 spiro atoms. The Bertz CT molecular complexity index is 110. The van der Waals surface area contributed by atoms with Gasteiger partial charge >= 0.3 is 54.4 Å². The Kier molecular flexibility index (Phi) is 2.74. The number of carbonyl (C=O) groups excluding carboxylic acids is 1. The van der Waals surface area contributed by atoms with Crippen LogP contribution >= 0.6 is 0 Å². The van der Waals surface area contributed by atoms with E-state index in [9.17, 15) is 4.79 Å². The molecule has 0 amide bonds. The van der Waals surface area contributed by atoms with Crippen LogP contribution in [0.3, 0.4) is 0 Å². The summed E-state index contributed by atoms with van der Waals surface area (Å²) in [5.41, 5.74) is 0. The van der Waals surface area contributed by atoms with Gasteiger partial charge in [-0.25, -0.2) is 0 Å². The van der Waals surface area contributed by atoms with E-state index >= 15 is 0 Å². The molecule has 0 aromatic carbocycles. The van der Waals surface area contributed by atoms with Gasteiger partial charge in [0.1, 0.15) is 0 Å². The quantitative estimate of drug-likeness (QED) is 0.509. The third kappa shape index (κ3) is 2.50. The number of hydrogen-bond acceptors (Lipinski definition) is 1. The second kappa shape index (κ2) is 2.67. The average Bonchev–Trinajstić information content (AvgIpc) is 1.62. The van der Waals surface area contributed by atoms with E-state index in [0.29, 0.717) is 3.80 Å². The molecule has 0 aliphatic rings. The predicted octanol–water partition coefficient (Wildman–Crippen LogP) is 1.62. The van der Waals surface area contributed by atoms with Crippen LogP contribution in [-0.4, -0.2) is 22.2 Å². The van der Waals surface area contributed by atoms with Crippen LogP contribution in [0.4, 0.5) is 0 Å². The number of carbonyl (C=O) groups is 1. The molecule has 0 bridgehead atoms. The molecule has 0 aliphatic heterocycles. The SMILES string of the molecule is C=C[C](=O)[Sn]([CH3])([CH3])[CH3]. The molecule has 0 aromatic rings. The Balaban J connectivity index is 4.02. The van der Waals surface area contributed by atoms with Crippen LogP contribution in [0.15, 0.2) is 12.7 Å². The van der Waals surface area contributed by atoms with Crippen molar-refractivity contribution >= 4 is 22.2 Å². The summed E-state index contributed by atoms with van der Waals surface area (Å²) < 4.78 is 0.305. The van der Waals surface area contributed by atoms with Crippen LogP contribution in [0.25, 0.3) is 0 Å². The van der Waals surface area contributed by atoms with Crippen molar-refractivity contribution in [2.75, 3.05) is 0 Å². The van der Waals surface area contributed by atoms with Gasteiger partial charge < -0.3 is 0 Å². The minimum atomic E-state index is -2.17. The third-order valence-electron chi connectivity index (χ3n) is 0.925. The summed E-state index contributed by atoms with van der Waals surface area (Å²) in [4.78, 5) is 17.1. The zero-order valence-corrected chi connectivity index (χ0v) is 8.55. The molecule has 0 saturated carbocycles. The monoisotopic (exact) mass is 220 g/mol. The molecule has 0 N–H and O–H groups in total. The first-order valence-corrected chi connectivity index (χ1v) is 12.6. The minimum absolute atomic E-state index is 0.305. The molecule has 0 aromatic heterocycles. The van der Waals surface area contributed by atoms with Crippen molar-refractivity contribution in [2.24, 2.45) is 0 Å². The fraction of sp³-hybridized carbons (Fsp3) is 0.500. The van der Waals surface area contributed by atoms with Gasteiger partial charge in [0.25, 0.3) is 0 Å². The van der Waals surface area contributed by atoms with E-state index in [1.807, 2.05) is 0 Å². The fourth-order valence-corrected chi connectivity index (χ4v) is 2.05. The Morgan fingerprint density at radius 2 is 1.88 bits per heavy atom. The Hall–Kier alpha value is 0.209. The molecule has 0 heterocycles. The fourth-order valence-electron chi connectivity index (χ4n) is 0.306. The molecule has 0 unspecified atom stereocenters. The van der Waals surface area contributed by atoms with E-state index < -0.39 is 18.4 Å². The van der Waals surface area contributed by atoms with Crippen LogP contribution in [0.5, 0.6) is 0 Å². The molecule has 8 heavy (non-hydrogen) atoms.